The predicted molar refractivity (Wildman–Crippen MR) is 138 cm³/mol. The van der Waals surface area contributed by atoms with Crippen molar-refractivity contribution in [1.29, 1.82) is 0 Å². The number of para-hydroxylation sites is 1. The molecule has 2 aromatic carbocycles. The number of carbonyl (C=O) groups is 2. The van der Waals surface area contributed by atoms with Crippen molar-refractivity contribution >= 4 is 27.5 Å². The minimum Gasteiger partial charge on any atom is -0.486 e. The van der Waals surface area contributed by atoms with Gasteiger partial charge in [0.1, 0.15) is 6.10 Å². The molecule has 2 amide bonds. The first-order chi connectivity index (χ1) is 18.2. The molecule has 39 heavy (non-hydrogen) atoms. The molecule has 214 valence electrons. The van der Waals surface area contributed by atoms with Crippen molar-refractivity contribution in [1.82, 2.24) is 9.21 Å². The second kappa shape index (κ2) is 12.3. The fourth-order valence-corrected chi connectivity index (χ4v) is 5.36. The molecule has 0 bridgehead atoms. The molecule has 0 saturated carbocycles. The van der Waals surface area contributed by atoms with Gasteiger partial charge in [0.2, 0.25) is 15.9 Å². The van der Waals surface area contributed by atoms with Gasteiger partial charge in [0.15, 0.2) is 5.75 Å². The van der Waals surface area contributed by atoms with E-state index in [2.05, 4.69) is 5.32 Å². The monoisotopic (exact) mass is 571 g/mol. The maximum atomic E-state index is 13.5. The molecular formula is C26H32F3N3O6S. The summed E-state index contributed by atoms with van der Waals surface area (Å²) in [5, 5.41) is 12.2. The Labute approximate surface area is 225 Å². The van der Waals surface area contributed by atoms with Crippen molar-refractivity contribution in [3.05, 3.63) is 54.1 Å². The highest BCUT2D eigenvalue weighted by Gasteiger charge is 2.36. The molecular weight excluding hydrogens is 539 g/mol. The molecule has 0 fully saturated rings. The van der Waals surface area contributed by atoms with Gasteiger partial charge in [0, 0.05) is 25.9 Å². The molecule has 1 heterocycles. The topological polar surface area (TPSA) is 116 Å². The quantitative estimate of drug-likeness (QED) is 0.476. The van der Waals surface area contributed by atoms with Gasteiger partial charge in [-0.2, -0.15) is 17.5 Å². The van der Waals surface area contributed by atoms with Crippen LogP contribution in [0.15, 0.2) is 53.4 Å². The fourth-order valence-electron chi connectivity index (χ4n) is 4.15. The van der Waals surface area contributed by atoms with Crippen LogP contribution < -0.4 is 10.1 Å². The number of sulfonamides is 1. The van der Waals surface area contributed by atoms with Gasteiger partial charge in [-0.15, -0.1) is 0 Å². The van der Waals surface area contributed by atoms with E-state index in [-0.39, 0.29) is 41.6 Å². The second-order valence-corrected chi connectivity index (χ2v) is 11.6. The van der Waals surface area contributed by atoms with Crippen LogP contribution in [0.5, 0.6) is 5.75 Å². The van der Waals surface area contributed by atoms with E-state index < -0.39 is 58.9 Å². The van der Waals surface area contributed by atoms with E-state index >= 15 is 0 Å². The van der Waals surface area contributed by atoms with Crippen molar-refractivity contribution in [3.63, 3.8) is 0 Å². The molecule has 9 nitrogen and oxygen atoms in total. The molecule has 0 spiro atoms. The first-order valence-corrected chi connectivity index (χ1v) is 13.8. The highest BCUT2D eigenvalue weighted by Crippen LogP contribution is 2.35. The maximum absolute atomic E-state index is 13.5. The van der Waals surface area contributed by atoms with Crippen LogP contribution in [0.4, 0.5) is 18.9 Å². The number of carbonyl (C=O) groups excluding carboxylic acids is 2. The molecule has 0 radical (unpaired) electrons. The van der Waals surface area contributed by atoms with E-state index in [9.17, 15) is 36.3 Å². The van der Waals surface area contributed by atoms with E-state index in [0.717, 1.165) is 4.31 Å². The van der Waals surface area contributed by atoms with Gasteiger partial charge >= 0.3 is 6.18 Å². The summed E-state index contributed by atoms with van der Waals surface area (Å²) in [7, 11) is -2.51. The molecule has 2 aromatic rings. The summed E-state index contributed by atoms with van der Waals surface area (Å²) in [6.07, 6.45) is -7.50. The van der Waals surface area contributed by atoms with Crippen molar-refractivity contribution in [3.8, 4) is 5.75 Å². The van der Waals surface area contributed by atoms with Crippen LogP contribution in [0, 0.1) is 5.92 Å². The first kappa shape index (κ1) is 30.4. The van der Waals surface area contributed by atoms with Crippen LogP contribution in [0.2, 0.25) is 0 Å². The van der Waals surface area contributed by atoms with Crippen LogP contribution >= 0.6 is 0 Å². The molecule has 3 atom stereocenters. The predicted octanol–water partition coefficient (Wildman–Crippen LogP) is 3.51. The van der Waals surface area contributed by atoms with Crippen LogP contribution in [0.1, 0.15) is 37.0 Å². The number of aliphatic hydroxyl groups is 1. The summed E-state index contributed by atoms with van der Waals surface area (Å²) in [6.45, 7) is 3.06. The lowest BCUT2D eigenvalue weighted by Crippen LogP contribution is -2.50. The number of anilines is 1. The number of halogens is 3. The Hall–Kier alpha value is -3.16. The van der Waals surface area contributed by atoms with Crippen LogP contribution in [0.3, 0.4) is 0 Å². The minimum absolute atomic E-state index is 0.0164. The van der Waals surface area contributed by atoms with Gasteiger partial charge in [0.25, 0.3) is 5.91 Å². The first-order valence-electron chi connectivity index (χ1n) is 12.3. The number of fused-ring (bicyclic) bond motifs is 1. The zero-order chi connectivity index (χ0) is 29.0. The lowest BCUT2D eigenvalue weighted by atomic mass is 9.99. The van der Waals surface area contributed by atoms with Crippen molar-refractivity contribution in [2.45, 2.75) is 49.9 Å². The lowest BCUT2D eigenvalue weighted by molar-refractivity contribution is -0.142. The van der Waals surface area contributed by atoms with E-state index in [0.29, 0.717) is 0 Å². The molecule has 2 N–H and O–H groups in total. The Morgan fingerprint density at radius 2 is 1.87 bits per heavy atom. The molecule has 1 aliphatic heterocycles. The van der Waals surface area contributed by atoms with Crippen molar-refractivity contribution < 1.29 is 41.0 Å². The molecule has 3 rings (SSSR count). The molecule has 1 aliphatic rings. The van der Waals surface area contributed by atoms with E-state index in [4.69, 9.17) is 4.74 Å². The highest BCUT2D eigenvalue weighted by molar-refractivity contribution is 7.89. The average Bonchev–Trinajstić information content (AvgIpc) is 2.89. The Bertz CT molecular complexity index is 1270. The third-order valence-electron chi connectivity index (χ3n) is 6.49. The standard InChI is InChI=1S/C26H32F3N3O6S/c1-17-14-32(18(2)16-33)25(35)20-10-7-11-21(30-23(34)12-13-26(27,28)29)24(20)38-22(17)15-31(3)39(36,37)19-8-5-4-6-9-19/h4-11,17-18,22,33H,12-16H2,1-3H3,(H,30,34)/t17-,18+,22+/m0/s1. The molecule has 0 saturated heterocycles. The van der Waals surface area contributed by atoms with Gasteiger partial charge in [-0.1, -0.05) is 31.2 Å². The zero-order valence-electron chi connectivity index (χ0n) is 21.8. The summed E-state index contributed by atoms with van der Waals surface area (Å²) in [5.74, 6) is -1.96. The highest BCUT2D eigenvalue weighted by atomic mass is 32.2. The number of rotatable bonds is 9. The fraction of sp³-hybridized carbons (Fsp3) is 0.462. The van der Waals surface area contributed by atoms with E-state index in [1.165, 1.54) is 42.3 Å². The number of benzene rings is 2. The number of nitrogens with zero attached hydrogens (tertiary/aromatic N) is 2. The lowest BCUT2D eigenvalue weighted by Gasteiger charge is -2.38. The maximum Gasteiger partial charge on any atom is 0.389 e. The SMILES string of the molecule is C[C@H](CO)N1C[C@H](C)[C@@H](CN(C)S(=O)(=O)c2ccccc2)Oc2c(NC(=O)CCC(F)(F)F)cccc2C1=O. The summed E-state index contributed by atoms with van der Waals surface area (Å²) in [6, 6.07) is 11.5. The summed E-state index contributed by atoms with van der Waals surface area (Å²) in [5.41, 5.74) is 0.00619. The Morgan fingerprint density at radius 1 is 1.21 bits per heavy atom. The van der Waals surface area contributed by atoms with Gasteiger partial charge < -0.3 is 20.1 Å². The number of alkyl halides is 3. The van der Waals surface area contributed by atoms with Gasteiger partial charge in [-0.25, -0.2) is 8.42 Å². The largest absolute Gasteiger partial charge is 0.486 e. The van der Waals surface area contributed by atoms with Crippen LogP contribution in [0.25, 0.3) is 0 Å². The van der Waals surface area contributed by atoms with Crippen molar-refractivity contribution in [2.75, 3.05) is 32.1 Å². The summed E-state index contributed by atoms with van der Waals surface area (Å²) >= 11 is 0. The third kappa shape index (κ3) is 7.49. The number of likely N-dealkylation sites (N-methyl/N-ethyl adjacent to an activating group) is 1. The summed E-state index contributed by atoms with van der Waals surface area (Å²) < 4.78 is 71.6. The van der Waals surface area contributed by atoms with Gasteiger partial charge in [-0.3, -0.25) is 9.59 Å². The minimum atomic E-state index is -4.52. The molecule has 13 heteroatoms. The number of hydrogen-bond acceptors (Lipinski definition) is 6. The number of amides is 2. The molecule has 0 unspecified atom stereocenters. The zero-order valence-corrected chi connectivity index (χ0v) is 22.6. The summed E-state index contributed by atoms with van der Waals surface area (Å²) in [4.78, 5) is 27.3. The molecule has 0 aliphatic carbocycles. The van der Waals surface area contributed by atoms with Crippen LogP contribution in [-0.4, -0.2) is 79.6 Å². The van der Waals surface area contributed by atoms with E-state index in [1.807, 2.05) is 0 Å². The Kier molecular flexibility index (Phi) is 9.62. The third-order valence-corrected chi connectivity index (χ3v) is 8.33. The number of hydrogen-bond donors (Lipinski definition) is 2. The Balaban J connectivity index is 1.99. The number of ether oxygens (including phenoxy) is 1. The Morgan fingerprint density at radius 3 is 2.49 bits per heavy atom. The smallest absolute Gasteiger partial charge is 0.389 e. The van der Waals surface area contributed by atoms with Gasteiger partial charge in [-0.05, 0) is 31.2 Å². The van der Waals surface area contributed by atoms with Gasteiger partial charge in [0.05, 0.1) is 41.8 Å². The molecule has 0 aromatic heterocycles. The van der Waals surface area contributed by atoms with Crippen LogP contribution in [-0.2, 0) is 14.8 Å². The van der Waals surface area contributed by atoms with Crippen molar-refractivity contribution in [2.24, 2.45) is 5.92 Å². The van der Waals surface area contributed by atoms with E-state index in [1.54, 1.807) is 32.0 Å². The number of nitrogens with one attached hydrogen (secondary N) is 1. The number of aliphatic hydroxyl groups excluding tert-OH is 1. The average molecular weight is 572 g/mol. The second-order valence-electron chi connectivity index (χ2n) is 9.57. The normalized spacial score (nSPS) is 19.1.